The van der Waals surface area contributed by atoms with Crippen LogP contribution >= 0.6 is 0 Å². The van der Waals surface area contributed by atoms with Crippen molar-refractivity contribution in [3.8, 4) is 5.69 Å². The monoisotopic (exact) mass is 296 g/mol. The zero-order valence-corrected chi connectivity index (χ0v) is 12.3. The average molecular weight is 296 g/mol. The molecule has 0 fully saturated rings. The Balaban J connectivity index is 2.02. The minimum Gasteiger partial charge on any atom is -0.325 e. The first-order chi connectivity index (χ1) is 10.7. The zero-order valence-electron chi connectivity index (χ0n) is 12.3. The molecule has 0 aliphatic rings. The molecule has 4 nitrogen and oxygen atoms in total. The van der Waals surface area contributed by atoms with Gasteiger partial charge in [-0.05, 0) is 42.3 Å². The van der Waals surface area contributed by atoms with E-state index in [4.69, 9.17) is 5.73 Å². The molecule has 0 aliphatic carbocycles. The van der Waals surface area contributed by atoms with E-state index in [2.05, 4.69) is 10.3 Å². The number of aryl methyl sites for hydroxylation is 1. The molecule has 112 valence electrons. The third kappa shape index (κ3) is 2.89. The Bertz CT molecular complexity index is 778. The normalized spacial score (nSPS) is 10.9. The number of rotatable bonds is 4. The fraction of sp³-hybridized carbons (Fsp3) is 0.176. The molecule has 0 saturated carbocycles. The third-order valence-electron chi connectivity index (χ3n) is 3.57. The molecule has 1 aromatic heterocycles. The van der Waals surface area contributed by atoms with Crippen molar-refractivity contribution in [3.05, 3.63) is 76.9 Å². The fourth-order valence-electron chi connectivity index (χ4n) is 2.43. The molecular weight excluding hydrogens is 279 g/mol. The molecule has 5 heteroatoms. The van der Waals surface area contributed by atoms with E-state index in [1.165, 1.54) is 12.1 Å². The summed E-state index contributed by atoms with van der Waals surface area (Å²) in [5.74, 6) is -0.242. The van der Waals surface area contributed by atoms with Gasteiger partial charge in [-0.2, -0.15) is 0 Å². The van der Waals surface area contributed by atoms with Crippen LogP contribution in [0.4, 0.5) is 4.39 Å². The topological polar surface area (TPSA) is 56.7 Å². The minimum atomic E-state index is -0.242. The summed E-state index contributed by atoms with van der Waals surface area (Å²) in [6.45, 7) is 2.35. The van der Waals surface area contributed by atoms with Gasteiger partial charge in [-0.3, -0.25) is 0 Å². The number of aromatic nitrogens is 3. The Morgan fingerprint density at radius 1 is 1.14 bits per heavy atom. The first-order valence-electron chi connectivity index (χ1n) is 7.12. The number of nitrogens with two attached hydrogens (primary N) is 1. The van der Waals surface area contributed by atoms with E-state index in [1.807, 2.05) is 31.2 Å². The van der Waals surface area contributed by atoms with Gasteiger partial charge in [0, 0.05) is 13.0 Å². The average Bonchev–Trinajstić information content (AvgIpc) is 2.92. The van der Waals surface area contributed by atoms with E-state index in [1.54, 1.807) is 16.8 Å². The quantitative estimate of drug-likeness (QED) is 0.805. The molecular formula is C17H17FN4. The van der Waals surface area contributed by atoms with Gasteiger partial charge in [0.05, 0.1) is 11.4 Å². The summed E-state index contributed by atoms with van der Waals surface area (Å²) in [5.41, 5.74) is 10.5. The number of hydrogen-bond donors (Lipinski definition) is 1. The van der Waals surface area contributed by atoms with Gasteiger partial charge in [0.25, 0.3) is 0 Å². The summed E-state index contributed by atoms with van der Waals surface area (Å²) in [4.78, 5) is 0. The molecule has 3 aromatic rings. The smallest absolute Gasteiger partial charge is 0.123 e. The van der Waals surface area contributed by atoms with Crippen LogP contribution in [0.1, 0.15) is 22.5 Å². The standard InChI is InChI=1S/C17H17FN4/c1-12-3-2-4-15(9-12)22-17(16(11-19)20-21-22)10-13-5-7-14(18)8-6-13/h2-9H,10-11,19H2,1H3. The van der Waals surface area contributed by atoms with Crippen molar-refractivity contribution in [1.29, 1.82) is 0 Å². The summed E-state index contributed by atoms with van der Waals surface area (Å²) in [5, 5.41) is 8.39. The van der Waals surface area contributed by atoms with Crippen molar-refractivity contribution in [2.24, 2.45) is 5.73 Å². The zero-order chi connectivity index (χ0) is 15.5. The molecule has 3 rings (SSSR count). The van der Waals surface area contributed by atoms with Crippen molar-refractivity contribution in [2.75, 3.05) is 0 Å². The molecule has 0 aliphatic heterocycles. The lowest BCUT2D eigenvalue weighted by atomic mass is 10.1. The lowest BCUT2D eigenvalue weighted by molar-refractivity contribution is 0.627. The second-order valence-electron chi connectivity index (χ2n) is 5.24. The summed E-state index contributed by atoms with van der Waals surface area (Å²) < 4.78 is 14.9. The van der Waals surface area contributed by atoms with Gasteiger partial charge >= 0.3 is 0 Å². The lowest BCUT2D eigenvalue weighted by Gasteiger charge is -2.09. The van der Waals surface area contributed by atoms with Gasteiger partial charge in [-0.25, -0.2) is 9.07 Å². The van der Waals surface area contributed by atoms with E-state index in [0.29, 0.717) is 13.0 Å². The number of nitrogens with zero attached hydrogens (tertiary/aromatic N) is 3. The van der Waals surface area contributed by atoms with Crippen molar-refractivity contribution in [1.82, 2.24) is 15.0 Å². The second-order valence-corrected chi connectivity index (χ2v) is 5.24. The van der Waals surface area contributed by atoms with Gasteiger partial charge in [0.2, 0.25) is 0 Å². The first kappa shape index (κ1) is 14.4. The van der Waals surface area contributed by atoms with Crippen molar-refractivity contribution in [2.45, 2.75) is 19.9 Å². The highest BCUT2D eigenvalue weighted by Gasteiger charge is 2.14. The van der Waals surface area contributed by atoms with Gasteiger partial charge in [-0.1, -0.05) is 29.5 Å². The predicted molar refractivity (Wildman–Crippen MR) is 83.2 cm³/mol. The first-order valence-corrected chi connectivity index (χ1v) is 7.12. The van der Waals surface area contributed by atoms with Crippen LogP contribution in [0.15, 0.2) is 48.5 Å². The van der Waals surface area contributed by atoms with Crippen LogP contribution in [0.2, 0.25) is 0 Å². The largest absolute Gasteiger partial charge is 0.325 e. The molecule has 0 amide bonds. The van der Waals surface area contributed by atoms with Gasteiger partial charge in [0.15, 0.2) is 0 Å². The Labute approximate surface area is 128 Å². The highest BCUT2D eigenvalue weighted by molar-refractivity contribution is 5.38. The lowest BCUT2D eigenvalue weighted by Crippen LogP contribution is -2.07. The van der Waals surface area contributed by atoms with Crippen LogP contribution in [0, 0.1) is 12.7 Å². The van der Waals surface area contributed by atoms with Gasteiger partial charge in [0.1, 0.15) is 11.5 Å². The highest BCUT2D eigenvalue weighted by Crippen LogP contribution is 2.18. The molecule has 0 bridgehead atoms. The molecule has 2 N–H and O–H groups in total. The third-order valence-corrected chi connectivity index (χ3v) is 3.57. The summed E-state index contributed by atoms with van der Waals surface area (Å²) in [6, 6.07) is 14.5. The Hall–Kier alpha value is -2.53. The number of benzene rings is 2. The highest BCUT2D eigenvalue weighted by atomic mass is 19.1. The molecule has 22 heavy (non-hydrogen) atoms. The Morgan fingerprint density at radius 3 is 2.59 bits per heavy atom. The SMILES string of the molecule is Cc1cccc(-n2nnc(CN)c2Cc2ccc(F)cc2)c1. The van der Waals surface area contributed by atoms with Gasteiger partial charge in [-0.15, -0.1) is 5.10 Å². The molecule has 0 unspecified atom stereocenters. The van der Waals surface area contributed by atoms with Crippen LogP contribution in [-0.4, -0.2) is 15.0 Å². The van der Waals surface area contributed by atoms with Crippen molar-refractivity contribution in [3.63, 3.8) is 0 Å². The minimum absolute atomic E-state index is 0.242. The van der Waals surface area contributed by atoms with Crippen LogP contribution < -0.4 is 5.73 Å². The number of halogens is 1. The number of hydrogen-bond acceptors (Lipinski definition) is 3. The van der Waals surface area contributed by atoms with E-state index < -0.39 is 0 Å². The maximum atomic E-state index is 13.0. The molecule has 0 atom stereocenters. The van der Waals surface area contributed by atoms with E-state index >= 15 is 0 Å². The Kier molecular flexibility index (Phi) is 3.98. The van der Waals surface area contributed by atoms with E-state index in [-0.39, 0.29) is 5.82 Å². The summed E-state index contributed by atoms with van der Waals surface area (Å²) >= 11 is 0. The molecule has 0 spiro atoms. The molecule has 0 radical (unpaired) electrons. The maximum absolute atomic E-state index is 13.0. The fourth-order valence-corrected chi connectivity index (χ4v) is 2.43. The van der Waals surface area contributed by atoms with E-state index in [0.717, 1.165) is 28.2 Å². The van der Waals surface area contributed by atoms with E-state index in [9.17, 15) is 4.39 Å². The molecule has 2 aromatic carbocycles. The molecule has 1 heterocycles. The van der Waals surface area contributed by atoms with Crippen molar-refractivity contribution >= 4 is 0 Å². The van der Waals surface area contributed by atoms with Crippen LogP contribution in [0.25, 0.3) is 5.69 Å². The van der Waals surface area contributed by atoms with Crippen molar-refractivity contribution < 1.29 is 4.39 Å². The second kappa shape index (κ2) is 6.07. The predicted octanol–water partition coefficient (Wildman–Crippen LogP) is 2.76. The summed E-state index contributed by atoms with van der Waals surface area (Å²) in [6.07, 6.45) is 0.605. The van der Waals surface area contributed by atoms with Crippen LogP contribution in [0.3, 0.4) is 0 Å². The summed E-state index contributed by atoms with van der Waals surface area (Å²) in [7, 11) is 0. The maximum Gasteiger partial charge on any atom is 0.123 e. The Morgan fingerprint density at radius 2 is 1.91 bits per heavy atom. The van der Waals surface area contributed by atoms with Crippen LogP contribution in [-0.2, 0) is 13.0 Å². The molecule has 0 saturated heterocycles. The van der Waals surface area contributed by atoms with Gasteiger partial charge < -0.3 is 5.73 Å². The van der Waals surface area contributed by atoms with Crippen LogP contribution in [0.5, 0.6) is 0 Å².